The zero-order valence-electron chi connectivity index (χ0n) is 20.4. The van der Waals surface area contributed by atoms with Crippen LogP contribution in [0.4, 0.5) is 0 Å². The fraction of sp³-hybridized carbons (Fsp3) is 0.333. The van der Waals surface area contributed by atoms with Gasteiger partial charge in [-0.05, 0) is 56.8 Å². The van der Waals surface area contributed by atoms with E-state index in [1.54, 1.807) is 12.4 Å². The fourth-order valence-electron chi connectivity index (χ4n) is 4.15. The normalized spacial score (nSPS) is 22.1. The number of aliphatic imine (C=N–C) groups is 1. The van der Waals surface area contributed by atoms with E-state index in [0.29, 0.717) is 6.54 Å². The predicted octanol–water partition coefficient (Wildman–Crippen LogP) is 2.76. The third-order valence-electron chi connectivity index (χ3n) is 5.98. The molecule has 8 nitrogen and oxygen atoms in total. The van der Waals surface area contributed by atoms with Gasteiger partial charge in [-0.1, -0.05) is 36.4 Å². The standard InChI is InChI=1S/C27H34N6O2/c1-32(2)16-7-11-26(34)33-17-6-8-22(19-33)31-25-18-27(28,30-20-29-25)21-12-14-24(15-13-21)35-23-9-4-3-5-10-23/h3-5,7,9-15,18,20,22,31H,6,8,16-17,19,28H2,1-2H3,(H,29,30). The van der Waals surface area contributed by atoms with Crippen LogP contribution in [0.25, 0.3) is 0 Å². The molecule has 2 aliphatic heterocycles. The van der Waals surface area contributed by atoms with Crippen molar-refractivity contribution in [1.29, 1.82) is 0 Å². The number of rotatable bonds is 8. The molecule has 4 rings (SSSR count). The highest BCUT2D eigenvalue weighted by molar-refractivity contribution is 5.87. The molecule has 1 saturated heterocycles. The van der Waals surface area contributed by atoms with E-state index >= 15 is 0 Å². The zero-order chi connectivity index (χ0) is 24.7. The predicted molar refractivity (Wildman–Crippen MR) is 139 cm³/mol. The second kappa shape index (κ2) is 11.2. The van der Waals surface area contributed by atoms with Crippen molar-refractivity contribution >= 4 is 12.2 Å². The summed E-state index contributed by atoms with van der Waals surface area (Å²) in [7, 11) is 3.96. The van der Waals surface area contributed by atoms with Gasteiger partial charge in [-0.2, -0.15) is 0 Å². The minimum Gasteiger partial charge on any atom is -0.457 e. The Morgan fingerprint density at radius 1 is 1.23 bits per heavy atom. The average molecular weight is 475 g/mol. The largest absolute Gasteiger partial charge is 0.457 e. The van der Waals surface area contributed by atoms with Crippen molar-refractivity contribution in [2.75, 3.05) is 33.7 Å². The number of piperidine rings is 1. The van der Waals surface area contributed by atoms with Crippen LogP contribution >= 0.6 is 0 Å². The van der Waals surface area contributed by atoms with Crippen LogP contribution < -0.4 is 21.1 Å². The molecule has 2 aliphatic rings. The van der Waals surface area contributed by atoms with Crippen molar-refractivity contribution in [2.45, 2.75) is 24.5 Å². The van der Waals surface area contributed by atoms with Crippen molar-refractivity contribution < 1.29 is 9.53 Å². The van der Waals surface area contributed by atoms with E-state index in [0.717, 1.165) is 48.8 Å². The number of likely N-dealkylation sites (N-methyl/N-ethyl adjacent to an activating group) is 1. The molecule has 8 heteroatoms. The van der Waals surface area contributed by atoms with Crippen LogP contribution in [0.3, 0.4) is 0 Å². The van der Waals surface area contributed by atoms with Crippen molar-refractivity contribution in [2.24, 2.45) is 10.7 Å². The van der Waals surface area contributed by atoms with Crippen molar-refractivity contribution in [1.82, 2.24) is 20.4 Å². The van der Waals surface area contributed by atoms with Gasteiger partial charge in [0.15, 0.2) is 5.66 Å². The Bertz CT molecular complexity index is 1080. The van der Waals surface area contributed by atoms with Gasteiger partial charge in [0, 0.05) is 37.8 Å². The maximum atomic E-state index is 12.6. The number of hydrogen-bond acceptors (Lipinski definition) is 7. The third kappa shape index (κ3) is 6.71. The summed E-state index contributed by atoms with van der Waals surface area (Å²) >= 11 is 0. The monoisotopic (exact) mass is 474 g/mol. The molecule has 1 fully saturated rings. The lowest BCUT2D eigenvalue weighted by Crippen LogP contribution is -2.50. The number of amides is 1. The smallest absolute Gasteiger partial charge is 0.246 e. The molecule has 0 saturated carbocycles. The molecule has 0 spiro atoms. The Balaban J connectivity index is 1.38. The number of carbonyl (C=O) groups is 1. The van der Waals surface area contributed by atoms with Crippen LogP contribution in [0.15, 0.2) is 83.6 Å². The van der Waals surface area contributed by atoms with Crippen LogP contribution in [-0.4, -0.2) is 61.8 Å². The second-order valence-electron chi connectivity index (χ2n) is 9.16. The zero-order valence-corrected chi connectivity index (χ0v) is 20.4. The van der Waals surface area contributed by atoms with E-state index in [9.17, 15) is 4.79 Å². The van der Waals surface area contributed by atoms with Gasteiger partial charge in [-0.25, -0.2) is 4.99 Å². The summed E-state index contributed by atoms with van der Waals surface area (Å²) in [6.45, 7) is 2.16. The molecule has 0 aliphatic carbocycles. The molecule has 2 heterocycles. The molecular formula is C27H34N6O2. The number of nitrogens with zero attached hydrogens (tertiary/aromatic N) is 3. The van der Waals surface area contributed by atoms with Crippen molar-refractivity contribution in [3.8, 4) is 11.5 Å². The van der Waals surface area contributed by atoms with Crippen molar-refractivity contribution in [3.05, 3.63) is 84.2 Å². The van der Waals surface area contributed by atoms with E-state index in [2.05, 4.69) is 15.6 Å². The third-order valence-corrected chi connectivity index (χ3v) is 5.98. The molecule has 2 aromatic carbocycles. The number of nitrogens with two attached hydrogens (primary N) is 1. The summed E-state index contributed by atoms with van der Waals surface area (Å²) in [5, 5.41) is 6.67. The molecule has 0 radical (unpaired) electrons. The first-order valence-electron chi connectivity index (χ1n) is 11.9. The van der Waals surface area contributed by atoms with Crippen LogP contribution in [0.2, 0.25) is 0 Å². The molecule has 4 N–H and O–H groups in total. The van der Waals surface area contributed by atoms with E-state index < -0.39 is 5.66 Å². The first kappa shape index (κ1) is 24.5. The summed E-state index contributed by atoms with van der Waals surface area (Å²) < 4.78 is 5.88. The molecule has 2 unspecified atom stereocenters. The lowest BCUT2D eigenvalue weighted by molar-refractivity contribution is -0.127. The topological polar surface area (TPSA) is 95.2 Å². The number of carbonyl (C=O) groups excluding carboxylic acids is 1. The lowest BCUT2D eigenvalue weighted by Gasteiger charge is -2.35. The van der Waals surface area contributed by atoms with E-state index in [1.807, 2.05) is 90.6 Å². The SMILES string of the molecule is CN(C)CC=CC(=O)N1CCCC(NC2=CC(N)(c3ccc(Oc4ccccc4)cc3)N=CN2)C1. The van der Waals surface area contributed by atoms with E-state index in [4.69, 9.17) is 10.5 Å². The molecule has 2 atom stereocenters. The quantitative estimate of drug-likeness (QED) is 0.510. The van der Waals surface area contributed by atoms with Crippen LogP contribution in [0.1, 0.15) is 18.4 Å². The summed E-state index contributed by atoms with van der Waals surface area (Å²) in [5.74, 6) is 2.35. The van der Waals surface area contributed by atoms with Crippen LogP contribution in [0.5, 0.6) is 11.5 Å². The number of para-hydroxylation sites is 1. The Kier molecular flexibility index (Phi) is 7.84. The Labute approximate surface area is 207 Å². The highest BCUT2D eigenvalue weighted by atomic mass is 16.5. The maximum Gasteiger partial charge on any atom is 0.246 e. The summed E-state index contributed by atoms with van der Waals surface area (Å²) in [5.41, 5.74) is 6.51. The van der Waals surface area contributed by atoms with Gasteiger partial charge in [-0.3, -0.25) is 10.5 Å². The Morgan fingerprint density at radius 3 is 2.71 bits per heavy atom. The Morgan fingerprint density at radius 2 is 1.97 bits per heavy atom. The Hall–Kier alpha value is -3.62. The van der Waals surface area contributed by atoms with Crippen LogP contribution in [0, 0.1) is 0 Å². The number of likely N-dealkylation sites (tertiary alicyclic amines) is 1. The van der Waals surface area contributed by atoms with Gasteiger partial charge >= 0.3 is 0 Å². The molecule has 0 bridgehead atoms. The average Bonchev–Trinajstić information content (AvgIpc) is 2.85. The number of ether oxygens (including phenoxy) is 1. The van der Waals surface area contributed by atoms with Gasteiger partial charge in [0.1, 0.15) is 17.3 Å². The minimum atomic E-state index is -1.00. The molecular weight excluding hydrogens is 440 g/mol. The van der Waals surface area contributed by atoms with E-state index in [-0.39, 0.29) is 11.9 Å². The maximum absolute atomic E-state index is 12.6. The summed E-state index contributed by atoms with van der Waals surface area (Å²) in [6.07, 6.45) is 9.00. The molecule has 1 amide bonds. The summed E-state index contributed by atoms with van der Waals surface area (Å²) in [6, 6.07) is 17.4. The van der Waals surface area contributed by atoms with Crippen LogP contribution in [-0.2, 0) is 10.5 Å². The summed E-state index contributed by atoms with van der Waals surface area (Å²) in [4.78, 5) is 21.0. The number of hydrogen-bond donors (Lipinski definition) is 3. The van der Waals surface area contributed by atoms with E-state index in [1.165, 1.54) is 0 Å². The molecule has 2 aromatic rings. The van der Waals surface area contributed by atoms with Gasteiger partial charge in [0.05, 0.1) is 6.34 Å². The number of benzene rings is 2. The molecule has 184 valence electrons. The van der Waals surface area contributed by atoms with Gasteiger partial charge in [-0.15, -0.1) is 0 Å². The number of nitrogens with one attached hydrogen (secondary N) is 2. The lowest BCUT2D eigenvalue weighted by atomic mass is 9.99. The van der Waals surface area contributed by atoms with Gasteiger partial charge < -0.3 is 25.2 Å². The first-order valence-corrected chi connectivity index (χ1v) is 11.9. The fourth-order valence-corrected chi connectivity index (χ4v) is 4.15. The highest BCUT2D eigenvalue weighted by Crippen LogP contribution is 2.28. The first-order chi connectivity index (χ1) is 16.9. The highest BCUT2D eigenvalue weighted by Gasteiger charge is 2.29. The molecule has 0 aromatic heterocycles. The van der Waals surface area contributed by atoms with Gasteiger partial charge in [0.25, 0.3) is 0 Å². The van der Waals surface area contributed by atoms with Gasteiger partial charge in [0.2, 0.25) is 5.91 Å². The second-order valence-corrected chi connectivity index (χ2v) is 9.16. The van der Waals surface area contributed by atoms with Crippen molar-refractivity contribution in [3.63, 3.8) is 0 Å². The minimum absolute atomic E-state index is 0.0523. The molecule has 35 heavy (non-hydrogen) atoms.